The first-order valence-electron chi connectivity index (χ1n) is 12.9. The maximum absolute atomic E-state index is 14.0. The summed E-state index contributed by atoms with van der Waals surface area (Å²) in [4.78, 5) is 32.3. The van der Waals surface area contributed by atoms with Gasteiger partial charge in [0.2, 0.25) is 0 Å². The van der Waals surface area contributed by atoms with E-state index in [1.165, 1.54) is 23.0 Å². The second-order valence-corrected chi connectivity index (χ2v) is 11.8. The summed E-state index contributed by atoms with van der Waals surface area (Å²) in [6.07, 6.45) is 1.65. The van der Waals surface area contributed by atoms with E-state index >= 15 is 0 Å². The molecule has 0 radical (unpaired) electrons. The van der Waals surface area contributed by atoms with E-state index in [9.17, 15) is 9.59 Å². The highest BCUT2D eigenvalue weighted by molar-refractivity contribution is 9.10. The van der Waals surface area contributed by atoms with Crippen LogP contribution in [0.3, 0.4) is 0 Å². The number of nitrogens with zero attached hydrogens (tertiary/aromatic N) is 2. The number of allylic oxidation sites excluding steroid dienone is 1. The quantitative estimate of drug-likeness (QED) is 0.195. The molecular weight excluding hydrogens is 667 g/mol. The van der Waals surface area contributed by atoms with Crippen molar-refractivity contribution in [1.82, 2.24) is 4.57 Å². The van der Waals surface area contributed by atoms with E-state index in [-0.39, 0.29) is 17.7 Å². The molecule has 2 aromatic heterocycles. The molecule has 12 heteroatoms. The van der Waals surface area contributed by atoms with Crippen LogP contribution in [0.15, 0.2) is 72.4 Å². The van der Waals surface area contributed by atoms with E-state index in [4.69, 9.17) is 41.8 Å². The number of rotatable bonds is 8. The fraction of sp³-hybridized carbons (Fsp3) is 0.233. The lowest BCUT2D eigenvalue weighted by molar-refractivity contribution is -0.139. The van der Waals surface area contributed by atoms with Gasteiger partial charge in [0, 0.05) is 16.1 Å². The van der Waals surface area contributed by atoms with E-state index in [1.807, 2.05) is 6.92 Å². The van der Waals surface area contributed by atoms with Gasteiger partial charge in [-0.15, -0.1) is 0 Å². The van der Waals surface area contributed by atoms with Gasteiger partial charge in [-0.1, -0.05) is 50.5 Å². The van der Waals surface area contributed by atoms with Crippen LogP contribution in [0.25, 0.3) is 17.4 Å². The van der Waals surface area contributed by atoms with E-state index in [1.54, 1.807) is 62.4 Å². The van der Waals surface area contributed by atoms with Crippen LogP contribution in [0, 0.1) is 0 Å². The van der Waals surface area contributed by atoms with Crippen molar-refractivity contribution in [1.29, 1.82) is 0 Å². The first kappa shape index (κ1) is 30.2. The number of aromatic nitrogens is 1. The second kappa shape index (κ2) is 12.5. The Labute approximate surface area is 263 Å². The summed E-state index contributed by atoms with van der Waals surface area (Å²) in [7, 11) is 1.53. The average molecular weight is 692 g/mol. The molecule has 42 heavy (non-hydrogen) atoms. The summed E-state index contributed by atoms with van der Waals surface area (Å²) in [5, 5.41) is 0.849. The molecular formula is C30H25BrCl2N2O6S. The third-order valence-corrected chi connectivity index (χ3v) is 8.91. The summed E-state index contributed by atoms with van der Waals surface area (Å²) in [6, 6.07) is 11.4. The molecule has 2 aromatic carbocycles. The summed E-state index contributed by atoms with van der Waals surface area (Å²) >= 11 is 17.0. The first-order valence-corrected chi connectivity index (χ1v) is 15.3. The highest BCUT2D eigenvalue weighted by Crippen LogP contribution is 2.41. The van der Waals surface area contributed by atoms with Crippen LogP contribution in [0.4, 0.5) is 0 Å². The van der Waals surface area contributed by atoms with E-state index in [2.05, 4.69) is 20.9 Å². The minimum absolute atomic E-state index is 0.167. The Hall–Kier alpha value is -3.31. The van der Waals surface area contributed by atoms with Gasteiger partial charge in [-0.05, 0) is 68.8 Å². The minimum atomic E-state index is -0.843. The van der Waals surface area contributed by atoms with Crippen LogP contribution in [0.1, 0.15) is 38.1 Å². The smallest absolute Gasteiger partial charge is 0.338 e. The third-order valence-electron chi connectivity index (χ3n) is 6.50. The minimum Gasteiger partial charge on any atom is -0.493 e. The summed E-state index contributed by atoms with van der Waals surface area (Å²) in [5.74, 6) is 1.45. The standard InChI is InChI=1S/C30H25BrCl2N2O6S/c1-5-39-24-14-19(31)18(13-23(24)38-4)27-26(29(37)40-6-2)15(3)34-30-35(27)28(36)25(42-30)12-17-8-10-22(41-17)16-7-9-20(32)21(33)11-16/h7-14,27H,5-6H2,1-4H3/b25-12+/t27-/m0/s1. The fourth-order valence-electron chi connectivity index (χ4n) is 4.64. The van der Waals surface area contributed by atoms with Crippen LogP contribution in [-0.2, 0) is 9.53 Å². The molecule has 4 aromatic rings. The van der Waals surface area contributed by atoms with Crippen molar-refractivity contribution < 1.29 is 23.4 Å². The molecule has 1 aliphatic rings. The summed E-state index contributed by atoms with van der Waals surface area (Å²) in [6.45, 7) is 5.93. The molecule has 0 aliphatic carbocycles. The molecule has 0 spiro atoms. The monoisotopic (exact) mass is 690 g/mol. The van der Waals surface area contributed by atoms with Crippen molar-refractivity contribution in [2.75, 3.05) is 20.3 Å². The van der Waals surface area contributed by atoms with Crippen LogP contribution < -0.4 is 24.4 Å². The fourth-order valence-corrected chi connectivity index (χ4v) is 6.50. The SMILES string of the molecule is CCOC(=O)C1=C(C)N=c2s/c(=C/c3ccc(-c4ccc(Cl)c(Cl)c4)o3)c(=O)n2[C@H]1c1cc(OC)c(OCC)cc1Br. The Morgan fingerprint density at radius 3 is 2.60 bits per heavy atom. The highest BCUT2D eigenvalue weighted by Gasteiger charge is 2.35. The molecule has 0 saturated heterocycles. The number of thiazole rings is 1. The van der Waals surface area contributed by atoms with Crippen LogP contribution in [0.2, 0.25) is 10.0 Å². The summed E-state index contributed by atoms with van der Waals surface area (Å²) in [5.41, 5.74) is 1.72. The van der Waals surface area contributed by atoms with Crippen molar-refractivity contribution >= 4 is 62.5 Å². The van der Waals surface area contributed by atoms with Crippen LogP contribution in [-0.4, -0.2) is 30.9 Å². The Balaban J connectivity index is 1.67. The van der Waals surface area contributed by atoms with Crippen molar-refractivity contribution in [3.8, 4) is 22.8 Å². The van der Waals surface area contributed by atoms with Crippen molar-refractivity contribution in [2.45, 2.75) is 26.8 Å². The number of esters is 1. The lowest BCUT2D eigenvalue weighted by atomic mass is 9.95. The van der Waals surface area contributed by atoms with Gasteiger partial charge in [0.05, 0.1) is 52.2 Å². The maximum atomic E-state index is 14.0. The molecule has 0 saturated carbocycles. The van der Waals surface area contributed by atoms with Gasteiger partial charge in [0.25, 0.3) is 5.56 Å². The molecule has 0 unspecified atom stereocenters. The van der Waals surface area contributed by atoms with Gasteiger partial charge in [0.15, 0.2) is 16.3 Å². The van der Waals surface area contributed by atoms with Gasteiger partial charge in [-0.25, -0.2) is 9.79 Å². The van der Waals surface area contributed by atoms with Gasteiger partial charge in [0.1, 0.15) is 11.5 Å². The predicted octanol–water partition coefficient (Wildman–Crippen LogP) is 6.53. The topological polar surface area (TPSA) is 92.3 Å². The van der Waals surface area contributed by atoms with Crippen molar-refractivity contribution in [2.24, 2.45) is 4.99 Å². The molecule has 3 heterocycles. The number of hydrogen-bond donors (Lipinski definition) is 0. The van der Waals surface area contributed by atoms with E-state index in [0.717, 1.165) is 5.56 Å². The number of carbonyl (C=O) groups excluding carboxylic acids is 1. The van der Waals surface area contributed by atoms with Gasteiger partial charge >= 0.3 is 5.97 Å². The number of halogens is 3. The Morgan fingerprint density at radius 1 is 1.12 bits per heavy atom. The molecule has 8 nitrogen and oxygen atoms in total. The Bertz CT molecular complexity index is 1910. The van der Waals surface area contributed by atoms with E-state index < -0.39 is 12.0 Å². The lowest BCUT2D eigenvalue weighted by Crippen LogP contribution is -2.40. The molecule has 1 atom stereocenters. The molecule has 218 valence electrons. The molecule has 5 rings (SSSR count). The molecule has 0 amide bonds. The number of ether oxygens (including phenoxy) is 3. The maximum Gasteiger partial charge on any atom is 0.338 e. The Morgan fingerprint density at radius 2 is 1.90 bits per heavy atom. The van der Waals surface area contributed by atoms with E-state index in [0.29, 0.717) is 64.7 Å². The number of hydrogen-bond acceptors (Lipinski definition) is 8. The highest BCUT2D eigenvalue weighted by atomic mass is 79.9. The van der Waals surface area contributed by atoms with Crippen molar-refractivity contribution in [3.63, 3.8) is 0 Å². The number of furan rings is 1. The van der Waals surface area contributed by atoms with Gasteiger partial charge < -0.3 is 18.6 Å². The molecule has 1 aliphatic heterocycles. The number of methoxy groups -OCH3 is 1. The summed E-state index contributed by atoms with van der Waals surface area (Å²) < 4.78 is 25.2. The molecule has 0 N–H and O–H groups in total. The molecule has 0 bridgehead atoms. The van der Waals surface area contributed by atoms with Crippen molar-refractivity contribution in [3.05, 3.63) is 99.3 Å². The number of benzene rings is 2. The average Bonchev–Trinajstić information content (AvgIpc) is 3.54. The van der Waals surface area contributed by atoms with Gasteiger partial charge in [-0.2, -0.15) is 0 Å². The first-order chi connectivity index (χ1) is 20.2. The second-order valence-electron chi connectivity index (χ2n) is 9.09. The molecule has 0 fully saturated rings. The normalized spacial score (nSPS) is 14.9. The van der Waals surface area contributed by atoms with Crippen LogP contribution in [0.5, 0.6) is 11.5 Å². The predicted molar refractivity (Wildman–Crippen MR) is 166 cm³/mol. The zero-order valence-corrected chi connectivity index (χ0v) is 26.9. The zero-order valence-electron chi connectivity index (χ0n) is 23.0. The van der Waals surface area contributed by atoms with Crippen LogP contribution >= 0.6 is 50.5 Å². The number of carbonyl (C=O) groups is 1. The Kier molecular flexibility index (Phi) is 8.98. The lowest BCUT2D eigenvalue weighted by Gasteiger charge is -2.26. The largest absolute Gasteiger partial charge is 0.493 e. The number of fused-ring (bicyclic) bond motifs is 1. The third kappa shape index (κ3) is 5.68. The zero-order chi connectivity index (χ0) is 30.1. The van der Waals surface area contributed by atoms with Gasteiger partial charge in [-0.3, -0.25) is 9.36 Å².